The minimum Gasteiger partial charge on any atom is -0.506 e. The number of aromatic hydroxyl groups is 1. The summed E-state index contributed by atoms with van der Waals surface area (Å²) in [6.45, 7) is 4.12. The van der Waals surface area contributed by atoms with Crippen molar-refractivity contribution in [2.45, 2.75) is 45.1 Å². The molecule has 0 fully saturated rings. The summed E-state index contributed by atoms with van der Waals surface area (Å²) in [5.74, 6) is -0.0149. The molecule has 8 nitrogen and oxygen atoms in total. The third kappa shape index (κ3) is 3.65. The Morgan fingerprint density at radius 2 is 1.97 bits per heavy atom. The largest absolute Gasteiger partial charge is 0.506 e. The minimum atomic E-state index is -0.476. The molecule has 4 aromatic heterocycles. The quantitative estimate of drug-likeness (QED) is 0.347. The first kappa shape index (κ1) is 21.5. The second-order valence-electron chi connectivity index (χ2n) is 9.27. The number of phenols is 1. The van der Waals surface area contributed by atoms with E-state index in [0.29, 0.717) is 40.3 Å². The number of fused-ring (bicyclic) bond motifs is 4. The van der Waals surface area contributed by atoms with Crippen LogP contribution in [0.25, 0.3) is 27.9 Å². The van der Waals surface area contributed by atoms with Gasteiger partial charge < -0.3 is 15.4 Å². The number of benzene rings is 1. The fraction of sp³-hybridized carbons (Fsp3) is 0.280. The standard InChI is InChI=1S/C25H23F2N7O/c1-12(2)19-11-29-34-24(19)32-23(13-5-15(27)10-28-9-13)33-25(34)30-16-3-4-20-17(8-16)18-6-14(26)7-21(35)22(18)31-20/h5-7,9-12,16,31,35H,3-4,8H2,1-2H3,(H,30,32,33)/t16-/m0/s1. The molecule has 1 atom stereocenters. The molecule has 0 radical (unpaired) electrons. The van der Waals surface area contributed by atoms with Gasteiger partial charge in [0.05, 0.1) is 17.9 Å². The van der Waals surface area contributed by atoms with Crippen LogP contribution >= 0.6 is 0 Å². The normalized spacial score (nSPS) is 15.7. The number of nitrogens with one attached hydrogen (secondary N) is 2. The molecule has 10 heteroatoms. The number of phenolic OH excluding ortho intramolecular Hbond substituents is 1. The Morgan fingerprint density at radius 3 is 2.77 bits per heavy atom. The molecule has 1 aromatic carbocycles. The molecule has 0 saturated heterocycles. The van der Waals surface area contributed by atoms with Gasteiger partial charge in [-0.05, 0) is 42.9 Å². The smallest absolute Gasteiger partial charge is 0.228 e. The third-order valence-electron chi connectivity index (χ3n) is 6.55. The van der Waals surface area contributed by atoms with Crippen LogP contribution < -0.4 is 5.32 Å². The zero-order valence-corrected chi connectivity index (χ0v) is 19.2. The number of halogens is 2. The zero-order chi connectivity index (χ0) is 24.3. The van der Waals surface area contributed by atoms with Crippen LogP contribution in [0.5, 0.6) is 5.75 Å². The molecule has 0 unspecified atom stereocenters. The fourth-order valence-corrected chi connectivity index (χ4v) is 4.83. The van der Waals surface area contributed by atoms with Crippen LogP contribution in [-0.2, 0) is 12.8 Å². The van der Waals surface area contributed by atoms with Crippen molar-refractivity contribution in [1.82, 2.24) is 29.5 Å². The maximum atomic E-state index is 14.0. The number of H-pyrrole nitrogens is 1. The molecule has 0 aliphatic heterocycles. The van der Waals surface area contributed by atoms with Crippen LogP contribution in [0.15, 0.2) is 36.8 Å². The van der Waals surface area contributed by atoms with Gasteiger partial charge in [0.25, 0.3) is 0 Å². The van der Waals surface area contributed by atoms with Crippen LogP contribution in [0.1, 0.15) is 43.0 Å². The Balaban J connectivity index is 1.41. The molecular formula is C25H23F2N7O. The van der Waals surface area contributed by atoms with Gasteiger partial charge in [-0.2, -0.15) is 14.6 Å². The average Bonchev–Trinajstić information content (AvgIpc) is 3.41. The number of nitrogens with zero attached hydrogens (tertiary/aromatic N) is 5. The van der Waals surface area contributed by atoms with Crippen LogP contribution in [0.2, 0.25) is 0 Å². The van der Waals surface area contributed by atoms with Crippen LogP contribution in [-0.4, -0.2) is 40.7 Å². The van der Waals surface area contributed by atoms with Crippen molar-refractivity contribution in [3.63, 3.8) is 0 Å². The lowest BCUT2D eigenvalue weighted by Crippen LogP contribution is -2.29. The Labute approximate surface area is 199 Å². The van der Waals surface area contributed by atoms with E-state index < -0.39 is 11.6 Å². The fourth-order valence-electron chi connectivity index (χ4n) is 4.83. The molecule has 4 heterocycles. The van der Waals surface area contributed by atoms with Gasteiger partial charge in [-0.1, -0.05) is 13.8 Å². The SMILES string of the molecule is CC(C)c1cnn2c(N[C@H]3CCc4[nH]c5c(O)cc(F)cc5c4C3)nc(-c3cncc(F)c3)nc12. The first-order valence-electron chi connectivity index (χ1n) is 11.5. The highest BCUT2D eigenvalue weighted by Gasteiger charge is 2.26. The van der Waals surface area contributed by atoms with E-state index in [0.717, 1.165) is 41.9 Å². The molecule has 6 rings (SSSR count). The summed E-state index contributed by atoms with van der Waals surface area (Å²) >= 11 is 0. The number of rotatable bonds is 4. The molecule has 35 heavy (non-hydrogen) atoms. The van der Waals surface area contributed by atoms with Crippen molar-refractivity contribution in [3.8, 4) is 17.1 Å². The van der Waals surface area contributed by atoms with Crippen molar-refractivity contribution in [1.29, 1.82) is 0 Å². The number of hydrogen-bond donors (Lipinski definition) is 3. The van der Waals surface area contributed by atoms with Gasteiger partial charge in [0.15, 0.2) is 11.5 Å². The molecule has 0 amide bonds. The molecule has 5 aromatic rings. The first-order valence-corrected chi connectivity index (χ1v) is 11.5. The van der Waals surface area contributed by atoms with Crippen LogP contribution in [0.4, 0.5) is 14.7 Å². The van der Waals surface area contributed by atoms with E-state index in [1.807, 2.05) is 0 Å². The first-order chi connectivity index (χ1) is 16.9. The number of pyridine rings is 1. The van der Waals surface area contributed by atoms with E-state index >= 15 is 0 Å². The summed E-state index contributed by atoms with van der Waals surface area (Å²) in [6.07, 6.45) is 6.58. The topological polar surface area (TPSA) is 104 Å². The highest BCUT2D eigenvalue weighted by Crippen LogP contribution is 2.35. The van der Waals surface area contributed by atoms with Crippen LogP contribution in [0, 0.1) is 11.6 Å². The number of hydrogen-bond acceptors (Lipinski definition) is 6. The van der Waals surface area contributed by atoms with Crippen molar-refractivity contribution in [2.24, 2.45) is 0 Å². The van der Waals surface area contributed by atoms with Gasteiger partial charge in [0, 0.05) is 40.5 Å². The molecule has 1 aliphatic rings. The maximum Gasteiger partial charge on any atom is 0.228 e. The van der Waals surface area contributed by atoms with Gasteiger partial charge in [-0.15, -0.1) is 0 Å². The maximum absolute atomic E-state index is 14.0. The third-order valence-corrected chi connectivity index (χ3v) is 6.55. The Kier molecular flexibility index (Phi) is 4.91. The molecular weight excluding hydrogens is 452 g/mol. The second kappa shape index (κ2) is 8.00. The minimum absolute atomic E-state index is 0.0183. The second-order valence-corrected chi connectivity index (χ2v) is 9.27. The van der Waals surface area contributed by atoms with Crippen molar-refractivity contribution < 1.29 is 13.9 Å². The van der Waals surface area contributed by atoms with Crippen LogP contribution in [0.3, 0.4) is 0 Å². The van der Waals surface area contributed by atoms with Gasteiger partial charge >= 0.3 is 0 Å². The predicted octanol–water partition coefficient (Wildman–Crippen LogP) is 4.74. The van der Waals surface area contributed by atoms with Crippen molar-refractivity contribution >= 4 is 22.5 Å². The summed E-state index contributed by atoms with van der Waals surface area (Å²) in [4.78, 5) is 16.5. The lowest BCUT2D eigenvalue weighted by molar-refractivity contribution is 0.474. The molecule has 178 valence electrons. The zero-order valence-electron chi connectivity index (χ0n) is 19.2. The highest BCUT2D eigenvalue weighted by atomic mass is 19.1. The lowest BCUT2D eigenvalue weighted by atomic mass is 9.91. The number of aromatic amines is 1. The number of aryl methyl sites for hydroxylation is 1. The van der Waals surface area contributed by atoms with E-state index in [4.69, 9.17) is 0 Å². The van der Waals surface area contributed by atoms with E-state index in [1.165, 1.54) is 18.3 Å². The summed E-state index contributed by atoms with van der Waals surface area (Å²) in [5, 5.41) is 18.9. The average molecular weight is 476 g/mol. The van der Waals surface area contributed by atoms with Gasteiger partial charge in [0.2, 0.25) is 5.95 Å². The molecule has 1 aliphatic carbocycles. The Bertz CT molecular complexity index is 1590. The number of aromatic nitrogens is 6. The number of anilines is 1. The Hall–Kier alpha value is -4.08. The molecule has 0 spiro atoms. The predicted molar refractivity (Wildman–Crippen MR) is 127 cm³/mol. The van der Waals surface area contributed by atoms with Crippen molar-refractivity contribution in [3.05, 3.63) is 65.2 Å². The summed E-state index contributed by atoms with van der Waals surface area (Å²) in [5.41, 5.74) is 4.60. The lowest BCUT2D eigenvalue weighted by Gasteiger charge is -2.24. The summed E-state index contributed by atoms with van der Waals surface area (Å²) in [6, 6.07) is 3.90. The molecule has 3 N–H and O–H groups in total. The molecule has 0 bridgehead atoms. The monoisotopic (exact) mass is 475 g/mol. The Morgan fingerprint density at radius 1 is 1.11 bits per heavy atom. The van der Waals surface area contributed by atoms with E-state index in [-0.39, 0.29) is 17.7 Å². The molecule has 0 saturated carbocycles. The van der Waals surface area contributed by atoms with E-state index in [1.54, 1.807) is 10.7 Å². The van der Waals surface area contributed by atoms with E-state index in [9.17, 15) is 13.9 Å². The van der Waals surface area contributed by atoms with Gasteiger partial charge in [-0.25, -0.2) is 13.8 Å². The summed E-state index contributed by atoms with van der Waals surface area (Å²) in [7, 11) is 0. The van der Waals surface area contributed by atoms with Gasteiger partial charge in [-0.3, -0.25) is 4.98 Å². The van der Waals surface area contributed by atoms with Gasteiger partial charge in [0.1, 0.15) is 17.4 Å². The highest BCUT2D eigenvalue weighted by molar-refractivity contribution is 5.89. The van der Waals surface area contributed by atoms with E-state index in [2.05, 4.69) is 44.2 Å². The summed E-state index contributed by atoms with van der Waals surface area (Å²) < 4.78 is 29.6. The van der Waals surface area contributed by atoms with Crippen molar-refractivity contribution in [2.75, 3.05) is 5.32 Å².